The average molecular weight is 289 g/mol. The van der Waals surface area contributed by atoms with E-state index in [1.807, 2.05) is 0 Å². The van der Waals surface area contributed by atoms with E-state index in [1.54, 1.807) is 0 Å². The van der Waals surface area contributed by atoms with Gasteiger partial charge in [-0.1, -0.05) is 0 Å². The zero-order valence-corrected chi connectivity index (χ0v) is 13.0. The highest BCUT2D eigenvalue weighted by molar-refractivity contribution is 4.97. The molecule has 2 aliphatic rings. The van der Waals surface area contributed by atoms with Crippen molar-refractivity contribution in [3.8, 4) is 0 Å². The molecule has 0 aromatic heterocycles. The molecular weight excluding hydrogens is 260 g/mol. The van der Waals surface area contributed by atoms with Gasteiger partial charge in [-0.05, 0) is 59.7 Å². The van der Waals surface area contributed by atoms with E-state index in [-0.39, 0.29) is 12.5 Å². The molecule has 118 valence electrons. The maximum absolute atomic E-state index is 13.8. The number of hydrogen-bond acceptors (Lipinski definition) is 3. The first-order chi connectivity index (χ1) is 9.33. The number of piperidine rings is 1. The average Bonchev–Trinajstić information content (AvgIpc) is 2.41. The van der Waals surface area contributed by atoms with Crippen molar-refractivity contribution in [1.29, 1.82) is 0 Å². The molecule has 0 radical (unpaired) electrons. The van der Waals surface area contributed by atoms with Gasteiger partial charge in [0.15, 0.2) is 0 Å². The summed E-state index contributed by atoms with van der Waals surface area (Å²) in [5.41, 5.74) is 5.83. The number of likely N-dealkylation sites (tertiary alicyclic amines) is 1. The molecule has 2 N–H and O–H groups in total. The van der Waals surface area contributed by atoms with E-state index >= 15 is 0 Å². The molecule has 1 heterocycles. The zero-order chi connectivity index (χ0) is 14.9. The van der Waals surface area contributed by atoms with Crippen molar-refractivity contribution in [2.75, 3.05) is 20.1 Å². The fraction of sp³-hybridized carbons (Fsp3) is 1.00. The summed E-state index contributed by atoms with van der Waals surface area (Å²) in [6.45, 7) is 6.19. The SMILES string of the molecule is CC(C)N(C)C1CCN([C@H]2CCCC(F)(F)[C@@H]2N)CC1. The highest BCUT2D eigenvalue weighted by atomic mass is 19.3. The van der Waals surface area contributed by atoms with E-state index < -0.39 is 12.0 Å². The van der Waals surface area contributed by atoms with Crippen LogP contribution in [0.1, 0.15) is 46.0 Å². The molecule has 3 nitrogen and oxygen atoms in total. The topological polar surface area (TPSA) is 32.5 Å². The maximum atomic E-state index is 13.8. The lowest BCUT2D eigenvalue weighted by Gasteiger charge is -2.46. The minimum atomic E-state index is -2.69. The van der Waals surface area contributed by atoms with E-state index in [9.17, 15) is 8.78 Å². The van der Waals surface area contributed by atoms with Crippen molar-refractivity contribution in [3.05, 3.63) is 0 Å². The van der Waals surface area contributed by atoms with Crippen LogP contribution in [-0.2, 0) is 0 Å². The van der Waals surface area contributed by atoms with Crippen LogP contribution in [-0.4, -0.2) is 60.0 Å². The van der Waals surface area contributed by atoms with E-state index in [1.165, 1.54) is 0 Å². The summed E-state index contributed by atoms with van der Waals surface area (Å²) in [5, 5.41) is 0. The highest BCUT2D eigenvalue weighted by Crippen LogP contribution is 2.35. The molecule has 0 unspecified atom stereocenters. The summed E-state index contributed by atoms with van der Waals surface area (Å²) in [6, 6.07) is -0.0147. The van der Waals surface area contributed by atoms with Crippen LogP contribution < -0.4 is 5.73 Å². The second kappa shape index (κ2) is 6.24. The van der Waals surface area contributed by atoms with E-state index in [0.717, 1.165) is 32.4 Å². The molecule has 0 bridgehead atoms. The molecule has 1 saturated heterocycles. The summed E-state index contributed by atoms with van der Waals surface area (Å²) in [4.78, 5) is 4.61. The molecule has 0 aromatic carbocycles. The molecule has 0 aromatic rings. The largest absolute Gasteiger partial charge is 0.321 e. The minimum absolute atomic E-state index is 0.0444. The van der Waals surface area contributed by atoms with Crippen molar-refractivity contribution < 1.29 is 8.78 Å². The van der Waals surface area contributed by atoms with Crippen LogP contribution in [0.3, 0.4) is 0 Å². The van der Waals surface area contributed by atoms with Crippen molar-refractivity contribution in [3.63, 3.8) is 0 Å². The number of nitrogens with zero attached hydrogens (tertiary/aromatic N) is 2. The Morgan fingerprint density at radius 1 is 1.20 bits per heavy atom. The number of halogens is 2. The predicted octanol–water partition coefficient (Wildman–Crippen LogP) is 2.31. The summed E-state index contributed by atoms with van der Waals surface area (Å²) >= 11 is 0. The molecule has 1 aliphatic carbocycles. The smallest absolute Gasteiger partial charge is 0.264 e. The zero-order valence-electron chi connectivity index (χ0n) is 13.0. The molecule has 0 spiro atoms. The number of nitrogens with two attached hydrogens (primary N) is 1. The van der Waals surface area contributed by atoms with Gasteiger partial charge in [0.2, 0.25) is 0 Å². The number of rotatable bonds is 3. The normalized spacial score (nSPS) is 33.0. The summed E-state index contributed by atoms with van der Waals surface area (Å²) in [7, 11) is 2.16. The molecule has 1 saturated carbocycles. The Morgan fingerprint density at radius 3 is 2.35 bits per heavy atom. The van der Waals surface area contributed by atoms with Crippen LogP contribution in [0.4, 0.5) is 8.78 Å². The second-order valence-corrected chi connectivity index (χ2v) is 6.77. The van der Waals surface area contributed by atoms with Crippen LogP contribution in [0.15, 0.2) is 0 Å². The first-order valence-corrected chi connectivity index (χ1v) is 7.92. The van der Waals surface area contributed by atoms with Crippen LogP contribution >= 0.6 is 0 Å². The van der Waals surface area contributed by atoms with Gasteiger partial charge >= 0.3 is 0 Å². The summed E-state index contributed by atoms with van der Waals surface area (Å²) in [5.74, 6) is -2.69. The van der Waals surface area contributed by atoms with Gasteiger partial charge in [0.1, 0.15) is 0 Å². The van der Waals surface area contributed by atoms with Crippen molar-refractivity contribution in [1.82, 2.24) is 9.80 Å². The molecule has 5 heteroatoms. The molecule has 0 amide bonds. The lowest BCUT2D eigenvalue weighted by Crippen LogP contribution is -2.61. The Balaban J connectivity index is 1.90. The lowest BCUT2D eigenvalue weighted by molar-refractivity contribution is -0.0870. The monoisotopic (exact) mass is 289 g/mol. The van der Waals surface area contributed by atoms with Gasteiger partial charge in [0, 0.05) is 24.5 Å². The van der Waals surface area contributed by atoms with Crippen molar-refractivity contribution >= 4 is 0 Å². The van der Waals surface area contributed by atoms with Crippen molar-refractivity contribution in [2.45, 2.75) is 76.0 Å². The highest BCUT2D eigenvalue weighted by Gasteiger charge is 2.47. The van der Waals surface area contributed by atoms with Gasteiger partial charge in [-0.3, -0.25) is 4.90 Å². The molecule has 2 fully saturated rings. The first kappa shape index (κ1) is 16.1. The Bertz CT molecular complexity index is 314. The van der Waals surface area contributed by atoms with E-state index in [4.69, 9.17) is 5.73 Å². The van der Waals surface area contributed by atoms with E-state index in [2.05, 4.69) is 30.7 Å². The summed E-state index contributed by atoms with van der Waals surface area (Å²) < 4.78 is 27.5. The van der Waals surface area contributed by atoms with Gasteiger partial charge in [-0.2, -0.15) is 0 Å². The molecule has 2 atom stereocenters. The van der Waals surface area contributed by atoms with E-state index in [0.29, 0.717) is 18.5 Å². The van der Waals surface area contributed by atoms with Crippen LogP contribution in [0.5, 0.6) is 0 Å². The summed E-state index contributed by atoms with van der Waals surface area (Å²) in [6.07, 6.45) is 3.49. The fourth-order valence-corrected chi connectivity index (χ4v) is 3.63. The quantitative estimate of drug-likeness (QED) is 0.865. The van der Waals surface area contributed by atoms with Crippen LogP contribution in [0.2, 0.25) is 0 Å². The lowest BCUT2D eigenvalue weighted by atomic mass is 9.85. The Morgan fingerprint density at radius 2 is 1.80 bits per heavy atom. The van der Waals surface area contributed by atoms with Gasteiger partial charge in [0.25, 0.3) is 5.92 Å². The van der Waals surface area contributed by atoms with Crippen LogP contribution in [0, 0.1) is 0 Å². The Labute approximate surface area is 121 Å². The minimum Gasteiger partial charge on any atom is -0.321 e. The van der Waals surface area contributed by atoms with Crippen LogP contribution in [0.25, 0.3) is 0 Å². The van der Waals surface area contributed by atoms with Gasteiger partial charge in [-0.25, -0.2) is 8.78 Å². The number of alkyl halides is 2. The standard InChI is InChI=1S/C15H29F2N3/c1-11(2)19(3)12-6-9-20(10-7-12)13-5-4-8-15(16,17)14(13)18/h11-14H,4-10,18H2,1-3H3/t13-,14+/m0/s1. The maximum Gasteiger partial charge on any atom is 0.264 e. The van der Waals surface area contributed by atoms with Gasteiger partial charge in [-0.15, -0.1) is 0 Å². The predicted molar refractivity (Wildman–Crippen MR) is 78.1 cm³/mol. The van der Waals surface area contributed by atoms with Gasteiger partial charge < -0.3 is 10.6 Å². The first-order valence-electron chi connectivity index (χ1n) is 7.92. The number of hydrogen-bond donors (Lipinski definition) is 1. The molecule has 2 rings (SSSR count). The van der Waals surface area contributed by atoms with Crippen molar-refractivity contribution in [2.24, 2.45) is 5.73 Å². The Kier molecular flexibility index (Phi) is 5.03. The molecule has 20 heavy (non-hydrogen) atoms. The third-order valence-corrected chi connectivity index (χ3v) is 5.27. The molecular formula is C15H29F2N3. The molecule has 1 aliphatic heterocycles. The van der Waals surface area contributed by atoms with Gasteiger partial charge in [0.05, 0.1) is 6.04 Å². The third kappa shape index (κ3) is 3.31. The Hall–Kier alpha value is -0.260. The fourth-order valence-electron chi connectivity index (χ4n) is 3.63. The third-order valence-electron chi connectivity index (χ3n) is 5.27. The second-order valence-electron chi connectivity index (χ2n) is 6.77.